The number of benzene rings is 1. The molecule has 21 heavy (non-hydrogen) atoms. The van der Waals surface area contributed by atoms with Gasteiger partial charge in [-0.05, 0) is 43.7 Å². The molecule has 0 unspecified atom stereocenters. The van der Waals surface area contributed by atoms with E-state index in [4.69, 9.17) is 11.6 Å². The highest BCUT2D eigenvalue weighted by Crippen LogP contribution is 2.25. The minimum Gasteiger partial charge on any atom is -0.384 e. The number of aromatic nitrogens is 1. The first-order chi connectivity index (χ1) is 10.1. The summed E-state index contributed by atoms with van der Waals surface area (Å²) in [7, 11) is 0. The van der Waals surface area contributed by atoms with Crippen molar-refractivity contribution in [3.63, 3.8) is 0 Å². The molecule has 0 atom stereocenters. The quantitative estimate of drug-likeness (QED) is 0.886. The lowest BCUT2D eigenvalue weighted by molar-refractivity contribution is -0.115. The SMILES string of the molecule is CCNc1ccc(Cl)cc1NC(=O)Cc1ccc(C)nc1. The lowest BCUT2D eigenvalue weighted by atomic mass is 10.2. The largest absolute Gasteiger partial charge is 0.384 e. The van der Waals surface area contributed by atoms with Gasteiger partial charge in [0.25, 0.3) is 0 Å². The average molecular weight is 304 g/mol. The standard InChI is InChI=1S/C16H18ClN3O/c1-3-18-14-7-6-13(17)9-15(14)20-16(21)8-12-5-4-11(2)19-10-12/h4-7,9-10,18H,3,8H2,1-2H3,(H,20,21). The van der Waals surface area contributed by atoms with Gasteiger partial charge in [-0.25, -0.2) is 0 Å². The molecule has 2 N–H and O–H groups in total. The Morgan fingerprint density at radius 1 is 1.24 bits per heavy atom. The molecular weight excluding hydrogens is 286 g/mol. The molecule has 0 bridgehead atoms. The van der Waals surface area contributed by atoms with E-state index in [1.54, 1.807) is 18.3 Å². The molecule has 2 aromatic rings. The van der Waals surface area contributed by atoms with Crippen molar-refractivity contribution in [3.05, 3.63) is 52.8 Å². The van der Waals surface area contributed by atoms with Gasteiger partial charge in [0.15, 0.2) is 0 Å². The van der Waals surface area contributed by atoms with Crippen molar-refractivity contribution in [1.82, 2.24) is 4.98 Å². The van der Waals surface area contributed by atoms with Crippen LogP contribution in [0, 0.1) is 6.92 Å². The summed E-state index contributed by atoms with van der Waals surface area (Å²) in [6, 6.07) is 9.19. The maximum Gasteiger partial charge on any atom is 0.228 e. The van der Waals surface area contributed by atoms with Gasteiger partial charge >= 0.3 is 0 Å². The number of rotatable bonds is 5. The van der Waals surface area contributed by atoms with Crippen LogP contribution in [-0.4, -0.2) is 17.4 Å². The summed E-state index contributed by atoms with van der Waals surface area (Å²) >= 11 is 5.99. The van der Waals surface area contributed by atoms with Crippen LogP contribution >= 0.6 is 11.6 Å². The number of hydrogen-bond donors (Lipinski definition) is 2. The van der Waals surface area contributed by atoms with Crippen LogP contribution in [-0.2, 0) is 11.2 Å². The molecule has 0 aliphatic heterocycles. The van der Waals surface area contributed by atoms with Gasteiger partial charge in [0.1, 0.15) is 0 Å². The second-order valence-electron chi connectivity index (χ2n) is 4.75. The highest BCUT2D eigenvalue weighted by molar-refractivity contribution is 6.31. The monoisotopic (exact) mass is 303 g/mol. The fourth-order valence-electron chi connectivity index (χ4n) is 1.95. The van der Waals surface area contributed by atoms with Crippen LogP contribution in [0.1, 0.15) is 18.2 Å². The van der Waals surface area contributed by atoms with Gasteiger partial charge in [-0.15, -0.1) is 0 Å². The number of halogens is 1. The Bertz CT molecular complexity index is 626. The molecule has 0 saturated carbocycles. The highest BCUT2D eigenvalue weighted by atomic mass is 35.5. The number of amides is 1. The van der Waals surface area contributed by atoms with Crippen LogP contribution in [0.25, 0.3) is 0 Å². The van der Waals surface area contributed by atoms with Crippen molar-refractivity contribution in [2.75, 3.05) is 17.2 Å². The molecule has 4 nitrogen and oxygen atoms in total. The maximum absolute atomic E-state index is 12.1. The molecule has 0 fully saturated rings. The molecule has 1 aromatic heterocycles. The summed E-state index contributed by atoms with van der Waals surface area (Å²) in [5.74, 6) is -0.0953. The zero-order valence-electron chi connectivity index (χ0n) is 12.1. The molecule has 0 aliphatic carbocycles. The molecule has 0 aliphatic rings. The van der Waals surface area contributed by atoms with Gasteiger partial charge in [0, 0.05) is 23.5 Å². The second kappa shape index (κ2) is 7.09. The van der Waals surface area contributed by atoms with E-state index in [9.17, 15) is 4.79 Å². The van der Waals surface area contributed by atoms with Crippen LogP contribution in [0.15, 0.2) is 36.5 Å². The summed E-state index contributed by atoms with van der Waals surface area (Å²) in [6.07, 6.45) is 2.00. The fourth-order valence-corrected chi connectivity index (χ4v) is 2.12. The Morgan fingerprint density at radius 2 is 2.05 bits per heavy atom. The molecule has 110 valence electrons. The van der Waals surface area contributed by atoms with E-state index in [0.717, 1.165) is 23.5 Å². The van der Waals surface area contributed by atoms with Crippen LogP contribution in [0.2, 0.25) is 5.02 Å². The fraction of sp³-hybridized carbons (Fsp3) is 0.250. The van der Waals surface area contributed by atoms with E-state index in [1.165, 1.54) is 0 Å². The topological polar surface area (TPSA) is 54.0 Å². The van der Waals surface area contributed by atoms with Crippen molar-refractivity contribution >= 4 is 28.9 Å². The first-order valence-electron chi connectivity index (χ1n) is 6.83. The lowest BCUT2D eigenvalue weighted by Crippen LogP contribution is -2.16. The van der Waals surface area contributed by atoms with E-state index in [1.807, 2.05) is 32.0 Å². The Labute approximate surface area is 129 Å². The molecule has 5 heteroatoms. The molecule has 2 rings (SSSR count). The number of anilines is 2. The predicted octanol–water partition coefficient (Wildman–Crippen LogP) is 3.66. The molecule has 1 amide bonds. The minimum atomic E-state index is -0.0953. The maximum atomic E-state index is 12.1. The van der Waals surface area contributed by atoms with Crippen molar-refractivity contribution in [3.8, 4) is 0 Å². The first kappa shape index (κ1) is 15.3. The Morgan fingerprint density at radius 3 is 2.71 bits per heavy atom. The van der Waals surface area contributed by atoms with E-state index in [-0.39, 0.29) is 12.3 Å². The molecule has 1 heterocycles. The van der Waals surface area contributed by atoms with Crippen molar-refractivity contribution in [1.29, 1.82) is 0 Å². The number of nitrogens with zero attached hydrogens (tertiary/aromatic N) is 1. The number of aryl methyl sites for hydroxylation is 1. The van der Waals surface area contributed by atoms with Crippen LogP contribution in [0.5, 0.6) is 0 Å². The predicted molar refractivity (Wildman–Crippen MR) is 86.9 cm³/mol. The Kier molecular flexibility index (Phi) is 5.17. The molecule has 0 spiro atoms. The number of carbonyl (C=O) groups excluding carboxylic acids is 1. The Hall–Kier alpha value is -2.07. The average Bonchev–Trinajstić information content (AvgIpc) is 2.44. The van der Waals surface area contributed by atoms with E-state index >= 15 is 0 Å². The van der Waals surface area contributed by atoms with Crippen molar-refractivity contribution in [2.45, 2.75) is 20.3 Å². The summed E-state index contributed by atoms with van der Waals surface area (Å²) in [5.41, 5.74) is 3.36. The third-order valence-corrected chi connectivity index (χ3v) is 3.20. The van der Waals surface area contributed by atoms with Crippen molar-refractivity contribution in [2.24, 2.45) is 0 Å². The smallest absolute Gasteiger partial charge is 0.228 e. The zero-order valence-corrected chi connectivity index (χ0v) is 12.9. The highest BCUT2D eigenvalue weighted by Gasteiger charge is 2.08. The molecule has 1 aromatic carbocycles. The minimum absolute atomic E-state index is 0.0953. The number of carbonyl (C=O) groups is 1. The van der Waals surface area contributed by atoms with Gasteiger partial charge in [0.2, 0.25) is 5.91 Å². The third-order valence-electron chi connectivity index (χ3n) is 2.96. The van der Waals surface area contributed by atoms with E-state index < -0.39 is 0 Å². The van der Waals surface area contributed by atoms with Crippen LogP contribution in [0.3, 0.4) is 0 Å². The van der Waals surface area contributed by atoms with Gasteiger partial charge in [-0.2, -0.15) is 0 Å². The van der Waals surface area contributed by atoms with Gasteiger partial charge < -0.3 is 10.6 Å². The van der Waals surface area contributed by atoms with Crippen molar-refractivity contribution < 1.29 is 4.79 Å². The lowest BCUT2D eigenvalue weighted by Gasteiger charge is -2.12. The summed E-state index contributed by atoms with van der Waals surface area (Å²) < 4.78 is 0. The summed E-state index contributed by atoms with van der Waals surface area (Å²) in [6.45, 7) is 4.68. The number of nitrogens with one attached hydrogen (secondary N) is 2. The van der Waals surface area contributed by atoms with Gasteiger partial charge in [-0.3, -0.25) is 9.78 Å². The van der Waals surface area contributed by atoms with Gasteiger partial charge in [-0.1, -0.05) is 17.7 Å². The summed E-state index contributed by atoms with van der Waals surface area (Å²) in [5, 5.41) is 6.67. The van der Waals surface area contributed by atoms with E-state index in [0.29, 0.717) is 10.7 Å². The number of pyridine rings is 1. The molecule has 0 saturated heterocycles. The normalized spacial score (nSPS) is 10.2. The second-order valence-corrected chi connectivity index (χ2v) is 5.19. The number of hydrogen-bond acceptors (Lipinski definition) is 3. The first-order valence-corrected chi connectivity index (χ1v) is 7.21. The molecule has 0 radical (unpaired) electrons. The Balaban J connectivity index is 2.08. The third kappa shape index (κ3) is 4.46. The molecular formula is C16H18ClN3O. The zero-order chi connectivity index (χ0) is 15.2. The van der Waals surface area contributed by atoms with Gasteiger partial charge in [0.05, 0.1) is 17.8 Å². The van der Waals surface area contributed by atoms with Crippen LogP contribution in [0.4, 0.5) is 11.4 Å². The summed E-state index contributed by atoms with van der Waals surface area (Å²) in [4.78, 5) is 16.3. The van der Waals surface area contributed by atoms with Crippen LogP contribution < -0.4 is 10.6 Å². The van der Waals surface area contributed by atoms with E-state index in [2.05, 4.69) is 15.6 Å².